The second-order valence-electron chi connectivity index (χ2n) is 6.91. The Balaban J connectivity index is 1.53. The van der Waals surface area contributed by atoms with Crippen molar-refractivity contribution in [2.75, 3.05) is 39.5 Å². The first-order valence-corrected chi connectivity index (χ1v) is 11.0. The predicted molar refractivity (Wildman–Crippen MR) is 110 cm³/mol. The first-order valence-electron chi connectivity index (χ1n) is 9.54. The van der Waals surface area contributed by atoms with Gasteiger partial charge in [0.25, 0.3) is 5.91 Å². The van der Waals surface area contributed by atoms with Gasteiger partial charge in [-0.3, -0.25) is 4.79 Å². The smallest absolute Gasteiger partial charge is 0.251 e. The highest BCUT2D eigenvalue weighted by Gasteiger charge is 2.26. The van der Waals surface area contributed by atoms with Gasteiger partial charge in [-0.05, 0) is 55.3 Å². The van der Waals surface area contributed by atoms with Gasteiger partial charge in [0.2, 0.25) is 10.0 Å². The van der Waals surface area contributed by atoms with Gasteiger partial charge in [0.05, 0.1) is 24.7 Å². The molecule has 0 unspecified atom stereocenters. The fraction of sp³-hybridized carbons (Fsp3) is 0.381. The van der Waals surface area contributed by atoms with Crippen LogP contribution in [-0.4, -0.2) is 58.1 Å². The molecule has 0 aliphatic carbocycles. The fourth-order valence-electron chi connectivity index (χ4n) is 3.00. The summed E-state index contributed by atoms with van der Waals surface area (Å²) in [6.07, 6.45) is 0. The molecule has 0 radical (unpaired) electrons. The van der Waals surface area contributed by atoms with Crippen molar-refractivity contribution in [1.29, 1.82) is 0 Å². The molecule has 3 rings (SSSR count). The number of hydrogen-bond acceptors (Lipinski definition) is 5. The number of amides is 1. The zero-order chi connectivity index (χ0) is 20.9. The highest BCUT2D eigenvalue weighted by Crippen LogP contribution is 2.19. The Morgan fingerprint density at radius 2 is 1.79 bits per heavy atom. The number of ether oxygens (including phenoxy) is 2. The summed E-state index contributed by atoms with van der Waals surface area (Å²) in [5, 5.41) is 2.78. The van der Waals surface area contributed by atoms with Crippen molar-refractivity contribution in [3.8, 4) is 5.75 Å². The van der Waals surface area contributed by atoms with Gasteiger partial charge in [-0.1, -0.05) is 12.1 Å². The molecule has 1 amide bonds. The van der Waals surface area contributed by atoms with Gasteiger partial charge in [-0.2, -0.15) is 4.31 Å². The molecule has 156 valence electrons. The number of morpholine rings is 1. The molecule has 1 aliphatic rings. The Labute approximate surface area is 171 Å². The van der Waals surface area contributed by atoms with E-state index in [1.165, 1.54) is 28.6 Å². The molecule has 0 saturated carbocycles. The van der Waals surface area contributed by atoms with Gasteiger partial charge in [0, 0.05) is 18.7 Å². The van der Waals surface area contributed by atoms with Gasteiger partial charge >= 0.3 is 0 Å². The van der Waals surface area contributed by atoms with Crippen LogP contribution in [0.25, 0.3) is 0 Å². The summed E-state index contributed by atoms with van der Waals surface area (Å²) in [5.41, 5.74) is 2.55. The largest absolute Gasteiger partial charge is 0.491 e. The molecule has 0 bridgehead atoms. The highest BCUT2D eigenvalue weighted by molar-refractivity contribution is 7.89. The molecule has 2 aromatic rings. The second-order valence-corrected chi connectivity index (χ2v) is 8.85. The molecule has 1 fully saturated rings. The van der Waals surface area contributed by atoms with Crippen LogP contribution in [0.15, 0.2) is 47.4 Å². The molecule has 0 spiro atoms. The van der Waals surface area contributed by atoms with Gasteiger partial charge in [0.15, 0.2) is 0 Å². The lowest BCUT2D eigenvalue weighted by Gasteiger charge is -2.26. The number of nitrogens with zero attached hydrogens (tertiary/aromatic N) is 1. The lowest BCUT2D eigenvalue weighted by atomic mass is 10.1. The van der Waals surface area contributed by atoms with Crippen LogP contribution < -0.4 is 10.1 Å². The van der Waals surface area contributed by atoms with Gasteiger partial charge < -0.3 is 14.8 Å². The van der Waals surface area contributed by atoms with Crippen molar-refractivity contribution >= 4 is 15.9 Å². The second kappa shape index (κ2) is 9.39. The minimum absolute atomic E-state index is 0.175. The van der Waals surface area contributed by atoms with Crippen LogP contribution >= 0.6 is 0 Å². The predicted octanol–water partition coefficient (Wildman–Crippen LogP) is 2.13. The normalized spacial score (nSPS) is 15.1. The van der Waals surface area contributed by atoms with E-state index in [0.717, 1.165) is 16.9 Å². The van der Waals surface area contributed by atoms with E-state index in [0.29, 0.717) is 45.0 Å². The standard InChI is InChI=1S/C21H26N2O5S/c1-16-3-4-17(2)20(15-16)28-12-9-22-21(24)18-5-7-19(8-6-18)29(25,26)23-10-13-27-14-11-23/h3-8,15H,9-14H2,1-2H3,(H,22,24). The average molecular weight is 419 g/mol. The fourth-order valence-corrected chi connectivity index (χ4v) is 4.41. The first-order chi connectivity index (χ1) is 13.9. The van der Waals surface area contributed by atoms with E-state index >= 15 is 0 Å². The van der Waals surface area contributed by atoms with Crippen molar-refractivity contribution in [2.24, 2.45) is 0 Å². The maximum atomic E-state index is 12.6. The summed E-state index contributed by atoms with van der Waals surface area (Å²) >= 11 is 0. The van der Waals surface area contributed by atoms with Crippen molar-refractivity contribution in [3.63, 3.8) is 0 Å². The molecule has 0 aromatic heterocycles. The molecular formula is C21H26N2O5S. The SMILES string of the molecule is Cc1ccc(C)c(OCCNC(=O)c2ccc(S(=O)(=O)N3CCOCC3)cc2)c1. The van der Waals surface area contributed by atoms with Crippen molar-refractivity contribution < 1.29 is 22.7 Å². The molecule has 8 heteroatoms. The number of aryl methyl sites for hydroxylation is 2. The topological polar surface area (TPSA) is 84.9 Å². The maximum absolute atomic E-state index is 12.6. The first kappa shape index (κ1) is 21.3. The third kappa shape index (κ3) is 5.35. The number of sulfonamides is 1. The summed E-state index contributed by atoms with van der Waals surface area (Å²) in [6, 6.07) is 12.0. The Bertz CT molecular complexity index is 952. The Morgan fingerprint density at radius 3 is 2.48 bits per heavy atom. The minimum atomic E-state index is -3.56. The van der Waals surface area contributed by atoms with Gasteiger partial charge in [0.1, 0.15) is 12.4 Å². The van der Waals surface area contributed by atoms with Crippen LogP contribution in [0.2, 0.25) is 0 Å². The minimum Gasteiger partial charge on any atom is -0.491 e. The van der Waals surface area contributed by atoms with Crippen LogP contribution in [0.5, 0.6) is 5.75 Å². The van der Waals surface area contributed by atoms with Crippen LogP contribution in [-0.2, 0) is 14.8 Å². The molecule has 1 saturated heterocycles. The maximum Gasteiger partial charge on any atom is 0.251 e. The summed E-state index contributed by atoms with van der Waals surface area (Å²) in [4.78, 5) is 12.5. The molecule has 29 heavy (non-hydrogen) atoms. The monoisotopic (exact) mass is 418 g/mol. The number of rotatable bonds is 7. The van der Waals surface area contributed by atoms with Crippen molar-refractivity contribution in [2.45, 2.75) is 18.7 Å². The van der Waals surface area contributed by atoms with Crippen LogP contribution in [0.3, 0.4) is 0 Å². The van der Waals surface area contributed by atoms with Gasteiger partial charge in [-0.25, -0.2) is 8.42 Å². The number of nitrogens with one attached hydrogen (secondary N) is 1. The zero-order valence-electron chi connectivity index (χ0n) is 16.7. The van der Waals surface area contributed by atoms with Crippen LogP contribution in [0, 0.1) is 13.8 Å². The average Bonchev–Trinajstić information content (AvgIpc) is 2.74. The van der Waals surface area contributed by atoms with E-state index < -0.39 is 10.0 Å². The number of carbonyl (C=O) groups excluding carboxylic acids is 1. The molecule has 1 heterocycles. The summed E-state index contributed by atoms with van der Waals surface area (Å²) in [5.74, 6) is 0.529. The Hall–Kier alpha value is -2.42. The molecular weight excluding hydrogens is 392 g/mol. The Morgan fingerprint density at radius 1 is 1.10 bits per heavy atom. The molecule has 0 atom stereocenters. The lowest BCUT2D eigenvalue weighted by molar-refractivity contribution is 0.0730. The summed E-state index contributed by atoms with van der Waals surface area (Å²) < 4.78 is 37.6. The lowest BCUT2D eigenvalue weighted by Crippen LogP contribution is -2.40. The molecule has 1 N–H and O–H groups in total. The van der Waals surface area contributed by atoms with E-state index in [9.17, 15) is 13.2 Å². The quantitative estimate of drug-likeness (QED) is 0.697. The highest BCUT2D eigenvalue weighted by atomic mass is 32.2. The van der Waals surface area contributed by atoms with Crippen molar-refractivity contribution in [1.82, 2.24) is 9.62 Å². The van der Waals surface area contributed by atoms with E-state index in [1.807, 2.05) is 32.0 Å². The molecule has 7 nitrogen and oxygen atoms in total. The van der Waals surface area contributed by atoms with Crippen LogP contribution in [0.1, 0.15) is 21.5 Å². The number of carbonyl (C=O) groups is 1. The van der Waals surface area contributed by atoms with E-state index in [1.54, 1.807) is 0 Å². The summed E-state index contributed by atoms with van der Waals surface area (Å²) in [7, 11) is -3.56. The number of hydrogen-bond donors (Lipinski definition) is 1. The van der Waals surface area contributed by atoms with E-state index in [-0.39, 0.29) is 10.8 Å². The third-order valence-corrected chi connectivity index (χ3v) is 6.63. The molecule has 1 aliphatic heterocycles. The summed E-state index contributed by atoms with van der Waals surface area (Å²) in [6.45, 7) is 6.13. The zero-order valence-corrected chi connectivity index (χ0v) is 17.5. The number of benzene rings is 2. The Kier molecular flexibility index (Phi) is 6.89. The van der Waals surface area contributed by atoms with E-state index in [2.05, 4.69) is 5.32 Å². The van der Waals surface area contributed by atoms with Crippen molar-refractivity contribution in [3.05, 3.63) is 59.2 Å². The molecule has 2 aromatic carbocycles. The van der Waals surface area contributed by atoms with Gasteiger partial charge in [-0.15, -0.1) is 0 Å². The third-order valence-electron chi connectivity index (χ3n) is 4.71. The van der Waals surface area contributed by atoms with E-state index in [4.69, 9.17) is 9.47 Å². The van der Waals surface area contributed by atoms with Crippen LogP contribution in [0.4, 0.5) is 0 Å².